The van der Waals surface area contributed by atoms with Gasteiger partial charge >= 0.3 is 0 Å². The van der Waals surface area contributed by atoms with E-state index in [0.29, 0.717) is 6.61 Å². The number of hydrogen-bond acceptors (Lipinski definition) is 2. The monoisotopic (exact) mass is 255 g/mol. The average molecular weight is 255 g/mol. The summed E-state index contributed by atoms with van der Waals surface area (Å²) in [6, 6.07) is 14.7. The number of benzene rings is 2. The molecular weight excluding hydrogens is 234 g/mol. The minimum Gasteiger partial charge on any atom is -0.494 e. The Hall–Kier alpha value is -1.96. The Morgan fingerprint density at radius 3 is 2.68 bits per heavy atom. The van der Waals surface area contributed by atoms with E-state index in [1.54, 1.807) is 0 Å². The molecule has 0 unspecified atom stereocenters. The third-order valence-electron chi connectivity index (χ3n) is 3.09. The molecule has 2 aromatic carbocycles. The SMILES string of the molecule is CCOc1cccc(CNc2cc(C)ccc2C)c1. The molecule has 100 valence electrons. The Morgan fingerprint density at radius 2 is 1.89 bits per heavy atom. The van der Waals surface area contributed by atoms with Crippen LogP contribution >= 0.6 is 0 Å². The van der Waals surface area contributed by atoms with Crippen molar-refractivity contribution < 1.29 is 4.74 Å². The van der Waals surface area contributed by atoms with Gasteiger partial charge in [0, 0.05) is 12.2 Å². The summed E-state index contributed by atoms with van der Waals surface area (Å²) in [5.41, 5.74) is 4.97. The minimum absolute atomic E-state index is 0.702. The molecule has 0 heterocycles. The van der Waals surface area contributed by atoms with Gasteiger partial charge in [0.1, 0.15) is 5.75 Å². The molecule has 0 atom stereocenters. The summed E-state index contributed by atoms with van der Waals surface area (Å²) >= 11 is 0. The number of ether oxygens (including phenoxy) is 1. The molecule has 0 aromatic heterocycles. The highest BCUT2D eigenvalue weighted by atomic mass is 16.5. The van der Waals surface area contributed by atoms with Crippen molar-refractivity contribution >= 4 is 5.69 Å². The first kappa shape index (κ1) is 13.5. The lowest BCUT2D eigenvalue weighted by molar-refractivity contribution is 0.340. The highest BCUT2D eigenvalue weighted by Gasteiger charge is 2.00. The van der Waals surface area contributed by atoms with Gasteiger partial charge in [-0.15, -0.1) is 0 Å². The summed E-state index contributed by atoms with van der Waals surface area (Å²) in [6.07, 6.45) is 0. The largest absolute Gasteiger partial charge is 0.494 e. The number of anilines is 1. The van der Waals surface area contributed by atoms with Crippen molar-refractivity contribution in [1.82, 2.24) is 0 Å². The van der Waals surface area contributed by atoms with Gasteiger partial charge in [-0.3, -0.25) is 0 Å². The van der Waals surface area contributed by atoms with E-state index in [4.69, 9.17) is 4.74 Å². The van der Waals surface area contributed by atoms with Crippen LogP contribution in [0.2, 0.25) is 0 Å². The predicted molar refractivity (Wildman–Crippen MR) is 80.9 cm³/mol. The van der Waals surface area contributed by atoms with E-state index >= 15 is 0 Å². The van der Waals surface area contributed by atoms with Crippen LogP contribution in [0.3, 0.4) is 0 Å². The Balaban J connectivity index is 2.05. The fourth-order valence-electron chi connectivity index (χ4n) is 2.04. The predicted octanol–water partition coefficient (Wildman–Crippen LogP) is 4.31. The van der Waals surface area contributed by atoms with Gasteiger partial charge in [0.05, 0.1) is 6.61 Å². The number of nitrogens with one attached hydrogen (secondary N) is 1. The average Bonchev–Trinajstić information content (AvgIpc) is 2.41. The van der Waals surface area contributed by atoms with E-state index in [2.05, 4.69) is 49.5 Å². The van der Waals surface area contributed by atoms with Crippen LogP contribution in [-0.4, -0.2) is 6.61 Å². The molecule has 0 aliphatic rings. The zero-order valence-corrected chi connectivity index (χ0v) is 11.9. The van der Waals surface area contributed by atoms with Crippen LogP contribution < -0.4 is 10.1 Å². The van der Waals surface area contributed by atoms with Crippen molar-refractivity contribution in [3.05, 3.63) is 59.2 Å². The first-order valence-corrected chi connectivity index (χ1v) is 6.72. The molecule has 0 spiro atoms. The van der Waals surface area contributed by atoms with Crippen molar-refractivity contribution in [3.63, 3.8) is 0 Å². The van der Waals surface area contributed by atoms with Crippen LogP contribution in [0.4, 0.5) is 5.69 Å². The third-order valence-corrected chi connectivity index (χ3v) is 3.09. The van der Waals surface area contributed by atoms with E-state index in [9.17, 15) is 0 Å². The summed E-state index contributed by atoms with van der Waals surface area (Å²) in [7, 11) is 0. The van der Waals surface area contributed by atoms with Crippen molar-refractivity contribution in [1.29, 1.82) is 0 Å². The topological polar surface area (TPSA) is 21.3 Å². The van der Waals surface area contributed by atoms with Crippen molar-refractivity contribution in [3.8, 4) is 5.75 Å². The second kappa shape index (κ2) is 6.28. The van der Waals surface area contributed by atoms with E-state index in [-0.39, 0.29) is 0 Å². The lowest BCUT2D eigenvalue weighted by Crippen LogP contribution is -2.02. The molecule has 2 aromatic rings. The zero-order chi connectivity index (χ0) is 13.7. The Bertz CT molecular complexity index is 549. The molecular formula is C17H21NO. The molecule has 1 N–H and O–H groups in total. The fraction of sp³-hybridized carbons (Fsp3) is 0.294. The molecule has 0 aliphatic carbocycles. The Morgan fingerprint density at radius 1 is 1.05 bits per heavy atom. The first-order valence-electron chi connectivity index (χ1n) is 6.72. The van der Waals surface area contributed by atoms with Crippen LogP contribution in [-0.2, 0) is 6.54 Å². The lowest BCUT2D eigenvalue weighted by atomic mass is 10.1. The number of aryl methyl sites for hydroxylation is 2. The zero-order valence-electron chi connectivity index (χ0n) is 11.9. The standard InChI is InChI=1S/C17H21NO/c1-4-19-16-7-5-6-15(11-16)12-18-17-10-13(2)8-9-14(17)3/h5-11,18H,4,12H2,1-3H3. The van der Waals surface area contributed by atoms with Gasteiger partial charge in [-0.2, -0.15) is 0 Å². The van der Waals surface area contributed by atoms with Gasteiger partial charge in [-0.05, 0) is 55.7 Å². The molecule has 2 rings (SSSR count). The summed E-state index contributed by atoms with van der Waals surface area (Å²) in [5, 5.41) is 3.48. The molecule has 0 aliphatic heterocycles. The summed E-state index contributed by atoms with van der Waals surface area (Å²) < 4.78 is 5.51. The van der Waals surface area contributed by atoms with Crippen LogP contribution in [0.25, 0.3) is 0 Å². The molecule has 0 fully saturated rings. The minimum atomic E-state index is 0.702. The molecule has 0 amide bonds. The van der Waals surface area contributed by atoms with Crippen LogP contribution in [0.1, 0.15) is 23.6 Å². The molecule has 0 bridgehead atoms. The van der Waals surface area contributed by atoms with E-state index in [1.807, 2.05) is 19.1 Å². The lowest BCUT2D eigenvalue weighted by Gasteiger charge is -2.11. The van der Waals surface area contributed by atoms with Gasteiger partial charge in [0.25, 0.3) is 0 Å². The maximum absolute atomic E-state index is 5.51. The van der Waals surface area contributed by atoms with Crippen LogP contribution in [0, 0.1) is 13.8 Å². The van der Waals surface area contributed by atoms with E-state index < -0.39 is 0 Å². The highest BCUT2D eigenvalue weighted by Crippen LogP contribution is 2.19. The van der Waals surface area contributed by atoms with Gasteiger partial charge in [-0.1, -0.05) is 24.3 Å². The molecule has 2 nitrogen and oxygen atoms in total. The molecule has 0 saturated heterocycles. The van der Waals surface area contributed by atoms with E-state index in [1.165, 1.54) is 22.4 Å². The first-order chi connectivity index (χ1) is 9.19. The van der Waals surface area contributed by atoms with Crippen molar-refractivity contribution in [2.75, 3.05) is 11.9 Å². The quantitative estimate of drug-likeness (QED) is 0.859. The van der Waals surface area contributed by atoms with E-state index in [0.717, 1.165) is 12.3 Å². The van der Waals surface area contributed by atoms with Crippen LogP contribution in [0.15, 0.2) is 42.5 Å². The normalized spacial score (nSPS) is 10.3. The summed E-state index contributed by atoms with van der Waals surface area (Å²) in [5.74, 6) is 0.933. The van der Waals surface area contributed by atoms with Crippen LogP contribution in [0.5, 0.6) is 5.75 Å². The second-order valence-electron chi connectivity index (χ2n) is 4.75. The second-order valence-corrected chi connectivity index (χ2v) is 4.75. The van der Waals surface area contributed by atoms with Gasteiger partial charge in [0.15, 0.2) is 0 Å². The van der Waals surface area contributed by atoms with Gasteiger partial charge < -0.3 is 10.1 Å². The van der Waals surface area contributed by atoms with Gasteiger partial charge in [0.2, 0.25) is 0 Å². The van der Waals surface area contributed by atoms with Crippen molar-refractivity contribution in [2.45, 2.75) is 27.3 Å². The fourth-order valence-corrected chi connectivity index (χ4v) is 2.04. The summed E-state index contributed by atoms with van der Waals surface area (Å²) in [4.78, 5) is 0. The smallest absolute Gasteiger partial charge is 0.119 e. The van der Waals surface area contributed by atoms with Crippen molar-refractivity contribution in [2.24, 2.45) is 0 Å². The maximum atomic E-state index is 5.51. The molecule has 0 radical (unpaired) electrons. The number of hydrogen-bond donors (Lipinski definition) is 1. The Kier molecular flexibility index (Phi) is 4.45. The summed E-state index contributed by atoms with van der Waals surface area (Å²) in [6.45, 7) is 7.75. The number of rotatable bonds is 5. The highest BCUT2D eigenvalue weighted by molar-refractivity contribution is 5.52. The molecule has 2 heteroatoms. The Labute approximate surface area is 115 Å². The maximum Gasteiger partial charge on any atom is 0.119 e. The van der Waals surface area contributed by atoms with Gasteiger partial charge in [-0.25, -0.2) is 0 Å². The molecule has 0 saturated carbocycles. The third kappa shape index (κ3) is 3.75. The molecule has 19 heavy (non-hydrogen) atoms.